The van der Waals surface area contributed by atoms with Crippen LogP contribution in [0, 0.1) is 19.7 Å². The quantitative estimate of drug-likeness (QED) is 0.575. The third-order valence-electron chi connectivity index (χ3n) is 4.67. The first-order valence-corrected chi connectivity index (χ1v) is 11.8. The molecule has 1 fully saturated rings. The van der Waals surface area contributed by atoms with Crippen molar-refractivity contribution in [2.24, 2.45) is 0 Å². The van der Waals surface area contributed by atoms with E-state index >= 15 is 0 Å². The highest BCUT2D eigenvalue weighted by Crippen LogP contribution is 2.31. The summed E-state index contributed by atoms with van der Waals surface area (Å²) in [5.41, 5.74) is 3.32. The Kier molecular flexibility index (Phi) is 9.00. The molecular weight excluding hydrogens is 413 g/mol. The molecule has 4 rings (SSSR count). The number of amides is 1. The summed E-state index contributed by atoms with van der Waals surface area (Å²) in [6, 6.07) is 3.66. The van der Waals surface area contributed by atoms with Gasteiger partial charge in [-0.15, -0.1) is 11.3 Å². The van der Waals surface area contributed by atoms with Crippen molar-refractivity contribution in [2.75, 3.05) is 29.9 Å². The lowest BCUT2D eigenvalue weighted by Gasteiger charge is -2.32. The van der Waals surface area contributed by atoms with Gasteiger partial charge >= 0.3 is 0 Å². The van der Waals surface area contributed by atoms with Crippen LogP contribution in [-0.2, 0) is 0 Å². The van der Waals surface area contributed by atoms with Crippen LogP contribution in [0.3, 0.4) is 0 Å². The largest absolute Gasteiger partial charge is 0.361 e. The van der Waals surface area contributed by atoms with E-state index in [1.807, 2.05) is 58.2 Å². The number of anilines is 2. The van der Waals surface area contributed by atoms with Gasteiger partial charge in [0, 0.05) is 44.1 Å². The van der Waals surface area contributed by atoms with Crippen LogP contribution < -0.4 is 15.5 Å². The number of nitrogens with zero attached hydrogens (tertiary/aromatic N) is 3. The van der Waals surface area contributed by atoms with E-state index in [1.54, 1.807) is 6.20 Å². The molecule has 1 atom stereocenters. The Balaban J connectivity index is 0.000000807. The molecule has 1 aliphatic heterocycles. The number of thiophene rings is 1. The standard InChI is InChI=1S/C19H22FN5OS.2C2H6/c1-11-6-14(10-25-9-13(3)22-18(11)25)23-19(26)17-15(20)7-16(27-17)24-5-4-21-12(2)8-24;2*1-2/h6-7,9-10,12,21H,4-5,8H2,1-3H3,(H,23,26);2*1-2H3. The van der Waals surface area contributed by atoms with Crippen molar-refractivity contribution in [3.05, 3.63) is 46.5 Å². The zero-order valence-electron chi connectivity index (χ0n) is 19.5. The Labute approximate surface area is 188 Å². The molecule has 2 N–H and O–H groups in total. The number of carbonyl (C=O) groups excluding carboxylic acids is 1. The molecule has 6 nitrogen and oxygen atoms in total. The molecule has 0 spiro atoms. The van der Waals surface area contributed by atoms with Gasteiger partial charge in [-0.25, -0.2) is 9.37 Å². The highest BCUT2D eigenvalue weighted by Gasteiger charge is 2.23. The summed E-state index contributed by atoms with van der Waals surface area (Å²) in [6.07, 6.45) is 3.69. The molecule has 4 heterocycles. The van der Waals surface area contributed by atoms with Crippen LogP contribution >= 0.6 is 11.3 Å². The maximum atomic E-state index is 14.4. The second-order valence-electron chi connectivity index (χ2n) is 7.04. The normalized spacial score (nSPS) is 15.6. The topological polar surface area (TPSA) is 61.7 Å². The SMILES string of the molecule is CC.CC.Cc1cn2cc(NC(=O)c3sc(N4CCNC(C)C4)cc3F)cc(C)c2n1. The van der Waals surface area contributed by atoms with E-state index in [0.717, 1.165) is 41.5 Å². The Bertz CT molecular complexity index is 1010. The summed E-state index contributed by atoms with van der Waals surface area (Å²) < 4.78 is 16.3. The molecule has 0 aromatic carbocycles. The van der Waals surface area contributed by atoms with Crippen LogP contribution in [0.1, 0.15) is 55.5 Å². The number of imidazole rings is 1. The van der Waals surface area contributed by atoms with Crippen LogP contribution in [0.15, 0.2) is 24.5 Å². The van der Waals surface area contributed by atoms with Crippen molar-refractivity contribution in [1.29, 1.82) is 0 Å². The molecule has 3 aromatic heterocycles. The lowest BCUT2D eigenvalue weighted by molar-refractivity contribution is 0.102. The van der Waals surface area contributed by atoms with E-state index in [9.17, 15) is 9.18 Å². The molecule has 0 aliphatic carbocycles. The van der Waals surface area contributed by atoms with E-state index in [-0.39, 0.29) is 4.88 Å². The van der Waals surface area contributed by atoms with Gasteiger partial charge in [0.2, 0.25) is 0 Å². The van der Waals surface area contributed by atoms with Gasteiger partial charge in [0.15, 0.2) is 0 Å². The average Bonchev–Trinajstić information content (AvgIpc) is 3.33. The predicted molar refractivity (Wildman–Crippen MR) is 129 cm³/mol. The lowest BCUT2D eigenvalue weighted by atomic mass is 10.2. The van der Waals surface area contributed by atoms with Crippen LogP contribution in [0.5, 0.6) is 0 Å². The summed E-state index contributed by atoms with van der Waals surface area (Å²) in [6.45, 7) is 16.4. The number of fused-ring (bicyclic) bond motifs is 1. The van der Waals surface area contributed by atoms with E-state index in [2.05, 4.69) is 27.4 Å². The summed E-state index contributed by atoms with van der Waals surface area (Å²) in [5.74, 6) is -0.905. The van der Waals surface area contributed by atoms with Crippen molar-refractivity contribution in [3.63, 3.8) is 0 Å². The summed E-state index contributed by atoms with van der Waals surface area (Å²) in [7, 11) is 0. The average molecular weight is 448 g/mol. The minimum absolute atomic E-state index is 0.107. The van der Waals surface area contributed by atoms with Gasteiger partial charge in [0.25, 0.3) is 5.91 Å². The number of nitrogens with one attached hydrogen (secondary N) is 2. The van der Waals surface area contributed by atoms with Crippen molar-refractivity contribution >= 4 is 33.6 Å². The highest BCUT2D eigenvalue weighted by atomic mass is 32.1. The second kappa shape index (κ2) is 11.2. The molecule has 0 radical (unpaired) electrons. The first kappa shape index (κ1) is 24.8. The van der Waals surface area contributed by atoms with Crippen LogP contribution in [0.2, 0.25) is 0 Å². The zero-order valence-corrected chi connectivity index (χ0v) is 20.4. The Morgan fingerprint density at radius 2 is 1.94 bits per heavy atom. The molecule has 1 aliphatic rings. The predicted octanol–water partition coefficient (Wildman–Crippen LogP) is 5.25. The summed E-state index contributed by atoms with van der Waals surface area (Å²) >= 11 is 1.20. The molecule has 0 saturated carbocycles. The van der Waals surface area contributed by atoms with Crippen molar-refractivity contribution in [3.8, 4) is 0 Å². The number of aromatic nitrogens is 2. The van der Waals surface area contributed by atoms with Gasteiger partial charge in [0.1, 0.15) is 16.3 Å². The maximum Gasteiger partial charge on any atom is 0.268 e. The van der Waals surface area contributed by atoms with Crippen molar-refractivity contribution in [2.45, 2.75) is 54.5 Å². The van der Waals surface area contributed by atoms with Gasteiger partial charge in [-0.05, 0) is 32.4 Å². The third-order valence-corrected chi connectivity index (χ3v) is 5.84. The molecule has 8 heteroatoms. The fourth-order valence-electron chi connectivity index (χ4n) is 3.45. The third kappa shape index (κ3) is 5.83. The van der Waals surface area contributed by atoms with Gasteiger partial charge < -0.3 is 19.9 Å². The fourth-order valence-corrected chi connectivity index (χ4v) is 4.41. The first-order chi connectivity index (χ1) is 14.9. The minimum Gasteiger partial charge on any atom is -0.361 e. The number of carbonyl (C=O) groups is 1. The van der Waals surface area contributed by atoms with E-state index < -0.39 is 11.7 Å². The van der Waals surface area contributed by atoms with Crippen molar-refractivity contribution < 1.29 is 9.18 Å². The highest BCUT2D eigenvalue weighted by molar-refractivity contribution is 7.18. The lowest BCUT2D eigenvalue weighted by Crippen LogP contribution is -2.49. The smallest absolute Gasteiger partial charge is 0.268 e. The van der Waals surface area contributed by atoms with E-state index in [1.165, 1.54) is 17.4 Å². The number of hydrogen-bond donors (Lipinski definition) is 2. The van der Waals surface area contributed by atoms with Crippen LogP contribution in [0.25, 0.3) is 5.65 Å². The minimum atomic E-state index is -0.477. The number of halogens is 1. The zero-order chi connectivity index (χ0) is 23.1. The van der Waals surface area contributed by atoms with Crippen molar-refractivity contribution in [1.82, 2.24) is 14.7 Å². The van der Waals surface area contributed by atoms with Gasteiger partial charge in [0.05, 0.1) is 16.4 Å². The maximum absolute atomic E-state index is 14.4. The Morgan fingerprint density at radius 1 is 1.23 bits per heavy atom. The molecule has 31 heavy (non-hydrogen) atoms. The van der Waals surface area contributed by atoms with Gasteiger partial charge in [-0.2, -0.15) is 0 Å². The fraction of sp³-hybridized carbons (Fsp3) is 0.478. The van der Waals surface area contributed by atoms with E-state index in [4.69, 9.17) is 0 Å². The van der Waals surface area contributed by atoms with Gasteiger partial charge in [-0.3, -0.25) is 4.79 Å². The summed E-state index contributed by atoms with van der Waals surface area (Å²) in [4.78, 5) is 19.3. The van der Waals surface area contributed by atoms with Crippen LogP contribution in [0.4, 0.5) is 15.1 Å². The summed E-state index contributed by atoms with van der Waals surface area (Å²) in [5, 5.41) is 6.98. The number of hydrogen-bond acceptors (Lipinski definition) is 5. The molecule has 1 unspecified atom stereocenters. The first-order valence-electron chi connectivity index (χ1n) is 11.0. The Hall–Kier alpha value is -2.45. The molecule has 3 aromatic rings. The molecule has 170 valence electrons. The Morgan fingerprint density at radius 3 is 2.61 bits per heavy atom. The van der Waals surface area contributed by atoms with E-state index in [0.29, 0.717) is 11.7 Å². The number of piperazine rings is 1. The molecular formula is C23H34FN5OS. The number of aryl methyl sites for hydroxylation is 2. The molecule has 0 bridgehead atoms. The number of rotatable bonds is 3. The molecule has 1 amide bonds. The van der Waals surface area contributed by atoms with Gasteiger partial charge in [-0.1, -0.05) is 27.7 Å². The van der Waals surface area contributed by atoms with Crippen LogP contribution in [-0.4, -0.2) is 41.0 Å². The molecule has 1 saturated heterocycles. The second-order valence-corrected chi connectivity index (χ2v) is 8.07. The monoisotopic (exact) mass is 447 g/mol. The number of pyridine rings is 1.